The van der Waals surface area contributed by atoms with Crippen molar-refractivity contribution in [3.8, 4) is 23.0 Å². The lowest BCUT2D eigenvalue weighted by Crippen LogP contribution is -2.08. The summed E-state index contributed by atoms with van der Waals surface area (Å²) in [6.45, 7) is 2.11. The van der Waals surface area contributed by atoms with Gasteiger partial charge in [-0.05, 0) is 25.1 Å². The van der Waals surface area contributed by atoms with Crippen molar-refractivity contribution < 1.29 is 17.9 Å². The smallest absolute Gasteiger partial charge is 0.416 e. The number of H-pyrrole nitrogens is 1. The summed E-state index contributed by atoms with van der Waals surface area (Å²) in [6, 6.07) is 3.37. The van der Waals surface area contributed by atoms with Gasteiger partial charge in [-0.3, -0.25) is 4.57 Å². The van der Waals surface area contributed by atoms with E-state index in [1.807, 2.05) is 0 Å². The van der Waals surface area contributed by atoms with Gasteiger partial charge in [-0.1, -0.05) is 0 Å². The van der Waals surface area contributed by atoms with Crippen molar-refractivity contribution in [2.45, 2.75) is 13.1 Å². The molecule has 2 heterocycles. The maximum Gasteiger partial charge on any atom is 0.416 e. The second kappa shape index (κ2) is 5.79. The van der Waals surface area contributed by atoms with Crippen LogP contribution in [-0.2, 0) is 6.18 Å². The Balaban J connectivity index is 2.17. The molecule has 0 aliphatic rings. The lowest BCUT2D eigenvalue weighted by molar-refractivity contribution is -0.137. The number of nitrogens with zero attached hydrogens (tertiary/aromatic N) is 3. The third-order valence-electron chi connectivity index (χ3n) is 3.23. The highest BCUT2D eigenvalue weighted by molar-refractivity contribution is 5.58. The van der Waals surface area contributed by atoms with Gasteiger partial charge in [0.2, 0.25) is 0 Å². The van der Waals surface area contributed by atoms with Crippen LogP contribution in [0, 0.1) is 0 Å². The Kier molecular flexibility index (Phi) is 3.81. The Morgan fingerprint density at radius 3 is 2.78 bits per heavy atom. The van der Waals surface area contributed by atoms with Gasteiger partial charge in [-0.2, -0.15) is 13.2 Å². The molecular weight excluding hydrogens is 309 g/mol. The molecule has 0 aliphatic carbocycles. The molecule has 0 radical (unpaired) electrons. The molecule has 0 fully saturated rings. The minimum Gasteiger partial charge on any atom is -0.492 e. The first-order chi connectivity index (χ1) is 11.0. The minimum atomic E-state index is -4.44. The second-order valence-corrected chi connectivity index (χ2v) is 4.70. The summed E-state index contributed by atoms with van der Waals surface area (Å²) in [5.74, 6) is 0.794. The maximum absolute atomic E-state index is 13.0. The van der Waals surface area contributed by atoms with E-state index in [-0.39, 0.29) is 5.69 Å². The number of imidazole rings is 2. The molecule has 23 heavy (non-hydrogen) atoms. The zero-order chi connectivity index (χ0) is 16.4. The molecule has 3 rings (SSSR count). The molecule has 0 saturated heterocycles. The van der Waals surface area contributed by atoms with Crippen LogP contribution in [0.5, 0.6) is 5.75 Å². The van der Waals surface area contributed by atoms with Crippen molar-refractivity contribution in [1.82, 2.24) is 19.5 Å². The van der Waals surface area contributed by atoms with E-state index in [4.69, 9.17) is 4.74 Å². The molecule has 8 heteroatoms. The van der Waals surface area contributed by atoms with Gasteiger partial charge in [-0.25, -0.2) is 9.97 Å². The van der Waals surface area contributed by atoms with Crippen LogP contribution >= 0.6 is 0 Å². The topological polar surface area (TPSA) is 55.7 Å². The van der Waals surface area contributed by atoms with Crippen LogP contribution in [0.3, 0.4) is 0 Å². The Hall–Kier alpha value is -2.77. The summed E-state index contributed by atoms with van der Waals surface area (Å²) in [4.78, 5) is 11.0. The number of rotatable bonds is 4. The van der Waals surface area contributed by atoms with Crippen molar-refractivity contribution in [3.05, 3.63) is 48.7 Å². The number of alkyl halides is 3. The fourth-order valence-electron chi connectivity index (χ4n) is 2.23. The molecule has 0 atom stereocenters. The van der Waals surface area contributed by atoms with Crippen molar-refractivity contribution in [3.63, 3.8) is 0 Å². The van der Waals surface area contributed by atoms with Gasteiger partial charge in [0, 0.05) is 12.4 Å². The zero-order valence-corrected chi connectivity index (χ0v) is 12.1. The highest BCUT2D eigenvalue weighted by atomic mass is 19.4. The molecule has 3 aromatic rings. The number of ether oxygens (including phenoxy) is 1. The number of halogens is 3. The average Bonchev–Trinajstić information content (AvgIpc) is 3.17. The number of aromatic amines is 1. The van der Waals surface area contributed by atoms with Gasteiger partial charge in [0.15, 0.2) is 5.82 Å². The predicted molar refractivity (Wildman–Crippen MR) is 77.3 cm³/mol. The molecular formula is C15H13F3N4O. The van der Waals surface area contributed by atoms with E-state index in [2.05, 4.69) is 15.0 Å². The van der Waals surface area contributed by atoms with Crippen LogP contribution < -0.4 is 4.74 Å². The molecule has 0 bridgehead atoms. The first kappa shape index (κ1) is 15.1. The molecule has 1 N–H and O–H groups in total. The van der Waals surface area contributed by atoms with Gasteiger partial charge in [0.05, 0.1) is 30.4 Å². The van der Waals surface area contributed by atoms with Crippen LogP contribution in [0.1, 0.15) is 12.5 Å². The molecule has 0 amide bonds. The predicted octanol–water partition coefficient (Wildman–Crippen LogP) is 3.68. The highest BCUT2D eigenvalue weighted by Gasteiger charge is 2.31. The molecule has 0 spiro atoms. The van der Waals surface area contributed by atoms with E-state index in [1.165, 1.54) is 23.2 Å². The quantitative estimate of drug-likeness (QED) is 0.797. The first-order valence-electron chi connectivity index (χ1n) is 6.87. The number of hydrogen-bond donors (Lipinski definition) is 1. The van der Waals surface area contributed by atoms with E-state index in [1.54, 1.807) is 19.3 Å². The third-order valence-corrected chi connectivity index (χ3v) is 3.23. The van der Waals surface area contributed by atoms with Crippen molar-refractivity contribution in [1.29, 1.82) is 0 Å². The zero-order valence-electron chi connectivity index (χ0n) is 12.1. The fraction of sp³-hybridized carbons (Fsp3) is 0.200. The standard InChI is InChI=1S/C15H13F3N4O/c1-2-23-13-4-3-10(15(16,17)18)7-12(13)22-6-5-20-14(22)11-8-19-9-21-11/h3-9H,2H2,1H3,(H,19,21). The lowest BCUT2D eigenvalue weighted by atomic mass is 10.1. The number of nitrogens with one attached hydrogen (secondary N) is 1. The summed E-state index contributed by atoms with van der Waals surface area (Å²) >= 11 is 0. The summed E-state index contributed by atoms with van der Waals surface area (Å²) in [7, 11) is 0. The summed E-state index contributed by atoms with van der Waals surface area (Å²) in [6.07, 6.45) is 1.67. The van der Waals surface area contributed by atoms with Crippen LogP contribution in [0.25, 0.3) is 17.2 Å². The molecule has 120 valence electrons. The molecule has 0 unspecified atom stereocenters. The van der Waals surface area contributed by atoms with Gasteiger partial charge in [0.1, 0.15) is 11.4 Å². The Morgan fingerprint density at radius 1 is 1.30 bits per heavy atom. The highest BCUT2D eigenvalue weighted by Crippen LogP contribution is 2.35. The SMILES string of the molecule is CCOc1ccc(C(F)(F)F)cc1-n1ccnc1-c1cnc[nH]1. The van der Waals surface area contributed by atoms with E-state index in [0.717, 1.165) is 12.1 Å². The summed E-state index contributed by atoms with van der Waals surface area (Å²) in [5, 5.41) is 0. The fourth-order valence-corrected chi connectivity index (χ4v) is 2.23. The van der Waals surface area contributed by atoms with Crippen LogP contribution in [0.4, 0.5) is 13.2 Å². The number of benzene rings is 1. The lowest BCUT2D eigenvalue weighted by Gasteiger charge is -2.15. The second-order valence-electron chi connectivity index (χ2n) is 4.70. The first-order valence-corrected chi connectivity index (χ1v) is 6.87. The molecule has 0 aliphatic heterocycles. The van der Waals surface area contributed by atoms with Gasteiger partial charge in [0.25, 0.3) is 0 Å². The van der Waals surface area contributed by atoms with E-state index >= 15 is 0 Å². The molecule has 1 aromatic carbocycles. The van der Waals surface area contributed by atoms with Crippen LogP contribution in [-0.4, -0.2) is 26.1 Å². The van der Waals surface area contributed by atoms with Crippen LogP contribution in [0.2, 0.25) is 0 Å². The average molecular weight is 322 g/mol. The van der Waals surface area contributed by atoms with Crippen molar-refractivity contribution >= 4 is 0 Å². The van der Waals surface area contributed by atoms with Gasteiger partial charge < -0.3 is 9.72 Å². The van der Waals surface area contributed by atoms with Gasteiger partial charge >= 0.3 is 6.18 Å². The molecule has 2 aromatic heterocycles. The monoisotopic (exact) mass is 322 g/mol. The number of aromatic nitrogens is 4. The van der Waals surface area contributed by atoms with E-state index < -0.39 is 11.7 Å². The van der Waals surface area contributed by atoms with E-state index in [0.29, 0.717) is 23.9 Å². The molecule has 0 saturated carbocycles. The third kappa shape index (κ3) is 2.92. The molecule has 5 nitrogen and oxygen atoms in total. The summed E-state index contributed by atoms with van der Waals surface area (Å²) < 4.78 is 46.1. The minimum absolute atomic E-state index is 0.267. The largest absolute Gasteiger partial charge is 0.492 e. The van der Waals surface area contributed by atoms with Gasteiger partial charge in [-0.15, -0.1) is 0 Å². The maximum atomic E-state index is 13.0. The Bertz CT molecular complexity index is 793. The van der Waals surface area contributed by atoms with E-state index in [9.17, 15) is 13.2 Å². The summed E-state index contributed by atoms with van der Waals surface area (Å²) in [5.41, 5.74) is 0.110. The Labute approximate surface area is 129 Å². The van der Waals surface area contributed by atoms with Crippen molar-refractivity contribution in [2.24, 2.45) is 0 Å². The normalized spacial score (nSPS) is 11.7. The van der Waals surface area contributed by atoms with Crippen molar-refractivity contribution in [2.75, 3.05) is 6.61 Å². The van der Waals surface area contributed by atoms with Crippen LogP contribution in [0.15, 0.2) is 43.1 Å². The number of hydrogen-bond acceptors (Lipinski definition) is 3. The Morgan fingerprint density at radius 2 is 2.13 bits per heavy atom.